The Kier molecular flexibility index (Phi) is 19.8. The van der Waals surface area contributed by atoms with E-state index in [1.807, 2.05) is 0 Å². The largest absolute Gasteiger partial charge is 0.418 e. The van der Waals surface area contributed by atoms with Gasteiger partial charge in [0, 0.05) is 6.61 Å². The van der Waals surface area contributed by atoms with E-state index in [0.717, 1.165) is 6.61 Å². The summed E-state index contributed by atoms with van der Waals surface area (Å²) in [7, 11) is -1.45. The Balaban J connectivity index is 4.55. The van der Waals surface area contributed by atoms with Crippen LogP contribution >= 0.6 is 0 Å². The second kappa shape index (κ2) is 19.7. The topological polar surface area (TPSA) is 19.0 Å². The van der Waals surface area contributed by atoms with Gasteiger partial charge in [0.1, 0.15) is 0 Å². The summed E-state index contributed by atoms with van der Waals surface area (Å²) in [5.74, 6) is 0. The third kappa shape index (κ3) is 16.7. The molecule has 5 heteroatoms. The van der Waals surface area contributed by atoms with Gasteiger partial charge in [-0.2, -0.15) is 0 Å². The summed E-state index contributed by atoms with van der Waals surface area (Å²) >= 11 is 0. The minimum absolute atomic E-state index is 0.873. The first kappa shape index (κ1) is 30.1. The average Bonchev–Trinajstić information content (AvgIpc) is 2.68. The van der Waals surface area contributed by atoms with Crippen LogP contribution in [0, 0.1) is 0 Å². The second-order valence-corrected chi connectivity index (χ2v) is 13.8. The SMILES string of the molecule is CCCN(CCC)CCCN(CCCN(CCC)CCC)CCC[Si](C)(C)OCC. The summed E-state index contributed by atoms with van der Waals surface area (Å²) in [6.45, 7) is 28.3. The van der Waals surface area contributed by atoms with Crippen molar-refractivity contribution < 1.29 is 4.43 Å². The summed E-state index contributed by atoms with van der Waals surface area (Å²) < 4.78 is 6.05. The highest BCUT2D eigenvalue weighted by Gasteiger charge is 2.21. The van der Waals surface area contributed by atoms with Crippen molar-refractivity contribution in [1.29, 1.82) is 0 Å². The highest BCUT2D eigenvalue weighted by molar-refractivity contribution is 6.71. The fraction of sp³-hybridized carbons (Fsp3) is 1.00. The van der Waals surface area contributed by atoms with Gasteiger partial charge in [-0.3, -0.25) is 0 Å². The Morgan fingerprint density at radius 1 is 0.500 bits per heavy atom. The molecule has 0 aliphatic carbocycles. The van der Waals surface area contributed by atoms with Crippen molar-refractivity contribution in [3.8, 4) is 0 Å². The number of hydrogen-bond acceptors (Lipinski definition) is 4. The predicted octanol–water partition coefficient (Wildman–Crippen LogP) is 5.94. The maximum atomic E-state index is 6.05. The van der Waals surface area contributed by atoms with E-state index in [2.05, 4.69) is 62.4 Å². The van der Waals surface area contributed by atoms with Crippen LogP contribution in [0.3, 0.4) is 0 Å². The number of rotatable bonds is 22. The molecule has 4 nitrogen and oxygen atoms in total. The lowest BCUT2D eigenvalue weighted by Crippen LogP contribution is -2.36. The minimum atomic E-state index is -1.45. The van der Waals surface area contributed by atoms with E-state index in [0.29, 0.717) is 0 Å². The Morgan fingerprint density at radius 3 is 1.17 bits per heavy atom. The standard InChI is InChI=1S/C25H57N3OSi/c1-8-16-26(17-9-2)20-13-22-28(24-15-25-30(6,7)29-12-5)23-14-21-27(18-10-3)19-11-4/h8-25H2,1-7H3. The van der Waals surface area contributed by atoms with E-state index in [4.69, 9.17) is 4.43 Å². The van der Waals surface area contributed by atoms with Crippen LogP contribution in [-0.2, 0) is 4.43 Å². The van der Waals surface area contributed by atoms with Gasteiger partial charge >= 0.3 is 0 Å². The number of nitrogens with zero attached hydrogens (tertiary/aromatic N) is 3. The number of hydrogen-bond donors (Lipinski definition) is 0. The Hall–Kier alpha value is 0.0569. The fourth-order valence-corrected chi connectivity index (χ4v) is 6.43. The van der Waals surface area contributed by atoms with Crippen LogP contribution in [0.4, 0.5) is 0 Å². The fourth-order valence-electron chi connectivity index (χ4n) is 4.50. The molecule has 0 saturated heterocycles. The normalized spacial score (nSPS) is 12.6. The predicted molar refractivity (Wildman–Crippen MR) is 138 cm³/mol. The van der Waals surface area contributed by atoms with E-state index in [1.165, 1.54) is 110 Å². The molecule has 0 aromatic heterocycles. The molecular weight excluding hydrogens is 386 g/mol. The molecule has 0 spiro atoms. The molecule has 0 unspecified atom stereocenters. The Labute approximate surface area is 191 Å². The zero-order chi connectivity index (χ0) is 22.7. The summed E-state index contributed by atoms with van der Waals surface area (Å²) in [5.41, 5.74) is 0. The van der Waals surface area contributed by atoms with E-state index in [1.54, 1.807) is 0 Å². The molecule has 0 N–H and O–H groups in total. The minimum Gasteiger partial charge on any atom is -0.418 e. The smallest absolute Gasteiger partial charge is 0.186 e. The molecule has 0 amide bonds. The summed E-state index contributed by atoms with van der Waals surface area (Å²) in [5, 5.41) is 0. The lowest BCUT2D eigenvalue weighted by Gasteiger charge is -2.28. The van der Waals surface area contributed by atoms with Crippen molar-refractivity contribution in [2.45, 2.75) is 98.7 Å². The molecule has 0 aromatic carbocycles. The van der Waals surface area contributed by atoms with Gasteiger partial charge in [0.25, 0.3) is 0 Å². The molecule has 0 atom stereocenters. The summed E-state index contributed by atoms with van der Waals surface area (Å²) in [4.78, 5) is 8.07. The van der Waals surface area contributed by atoms with Crippen molar-refractivity contribution in [2.75, 3.05) is 65.5 Å². The lowest BCUT2D eigenvalue weighted by atomic mass is 10.2. The molecule has 0 aliphatic heterocycles. The van der Waals surface area contributed by atoms with Crippen molar-refractivity contribution in [2.24, 2.45) is 0 Å². The molecule has 0 fully saturated rings. The molecule has 30 heavy (non-hydrogen) atoms. The maximum Gasteiger partial charge on any atom is 0.186 e. The van der Waals surface area contributed by atoms with E-state index >= 15 is 0 Å². The quantitative estimate of drug-likeness (QED) is 0.193. The van der Waals surface area contributed by atoms with Crippen molar-refractivity contribution in [1.82, 2.24) is 14.7 Å². The molecule has 182 valence electrons. The van der Waals surface area contributed by atoms with Crippen LogP contribution in [0.1, 0.15) is 79.6 Å². The van der Waals surface area contributed by atoms with Crippen molar-refractivity contribution in [3.63, 3.8) is 0 Å². The van der Waals surface area contributed by atoms with Crippen LogP contribution in [-0.4, -0.2) is 88.5 Å². The Morgan fingerprint density at radius 2 is 0.833 bits per heavy atom. The molecule has 0 heterocycles. The van der Waals surface area contributed by atoms with Gasteiger partial charge in [-0.1, -0.05) is 27.7 Å². The van der Waals surface area contributed by atoms with Crippen molar-refractivity contribution in [3.05, 3.63) is 0 Å². The Bertz CT molecular complexity index is 334. The van der Waals surface area contributed by atoms with E-state index in [9.17, 15) is 0 Å². The average molecular weight is 444 g/mol. The third-order valence-corrected chi connectivity index (χ3v) is 8.47. The first-order valence-electron chi connectivity index (χ1n) is 13.2. The van der Waals surface area contributed by atoms with Gasteiger partial charge in [0.05, 0.1) is 0 Å². The summed E-state index contributed by atoms with van der Waals surface area (Å²) in [6.07, 6.45) is 8.98. The van der Waals surface area contributed by atoms with Crippen LogP contribution in [0.15, 0.2) is 0 Å². The zero-order valence-electron chi connectivity index (χ0n) is 22.0. The van der Waals surface area contributed by atoms with Gasteiger partial charge in [-0.05, 0) is 130 Å². The zero-order valence-corrected chi connectivity index (χ0v) is 23.0. The molecule has 0 aliphatic rings. The van der Waals surface area contributed by atoms with Gasteiger partial charge < -0.3 is 19.1 Å². The highest BCUT2D eigenvalue weighted by atomic mass is 28.4. The molecule has 0 bridgehead atoms. The van der Waals surface area contributed by atoms with Gasteiger partial charge in [-0.15, -0.1) is 0 Å². The molecule has 0 radical (unpaired) electrons. The van der Waals surface area contributed by atoms with Crippen LogP contribution in [0.2, 0.25) is 19.1 Å². The van der Waals surface area contributed by atoms with Gasteiger partial charge in [0.15, 0.2) is 8.32 Å². The van der Waals surface area contributed by atoms with E-state index < -0.39 is 8.32 Å². The highest BCUT2D eigenvalue weighted by Crippen LogP contribution is 2.14. The molecule has 0 rings (SSSR count). The maximum absolute atomic E-state index is 6.05. The molecule has 0 saturated carbocycles. The molecular formula is C25H57N3OSi. The third-order valence-electron chi connectivity index (χ3n) is 5.84. The van der Waals surface area contributed by atoms with Crippen molar-refractivity contribution >= 4 is 8.32 Å². The lowest BCUT2D eigenvalue weighted by molar-refractivity contribution is 0.206. The molecule has 0 aromatic rings. The van der Waals surface area contributed by atoms with Crippen LogP contribution in [0.25, 0.3) is 0 Å². The monoisotopic (exact) mass is 443 g/mol. The van der Waals surface area contributed by atoms with E-state index in [-0.39, 0.29) is 0 Å². The van der Waals surface area contributed by atoms with Gasteiger partial charge in [-0.25, -0.2) is 0 Å². The summed E-state index contributed by atoms with van der Waals surface area (Å²) in [6, 6.07) is 1.28. The van der Waals surface area contributed by atoms with Gasteiger partial charge in [0.2, 0.25) is 0 Å². The van der Waals surface area contributed by atoms with Crippen LogP contribution < -0.4 is 0 Å². The second-order valence-electron chi connectivity index (χ2n) is 9.53. The first-order valence-corrected chi connectivity index (χ1v) is 16.3. The van der Waals surface area contributed by atoms with Crippen LogP contribution in [0.5, 0.6) is 0 Å². The first-order chi connectivity index (χ1) is 14.4.